The first-order valence-electron chi connectivity index (χ1n) is 5.54. The van der Waals surface area contributed by atoms with E-state index in [0.29, 0.717) is 0 Å². The van der Waals surface area contributed by atoms with Crippen LogP contribution in [0.5, 0.6) is 0 Å². The van der Waals surface area contributed by atoms with E-state index in [1.807, 2.05) is 6.07 Å². The van der Waals surface area contributed by atoms with Crippen molar-refractivity contribution in [3.8, 4) is 0 Å². The van der Waals surface area contributed by atoms with Gasteiger partial charge < -0.3 is 5.11 Å². The molecule has 1 aromatic carbocycles. The predicted molar refractivity (Wildman–Crippen MR) is 79.3 cm³/mol. The standard InChI is InChI=1S/C13H11NO4S2/c15-13(16)11-8-12(19-9-11)14-20(17,18)7-6-10-4-2-1-3-5-10/h1-9,14H,(H,15,16)/b7-6+. The van der Waals surface area contributed by atoms with Gasteiger partial charge >= 0.3 is 5.97 Å². The van der Waals surface area contributed by atoms with Crippen molar-refractivity contribution < 1.29 is 18.3 Å². The van der Waals surface area contributed by atoms with Crippen LogP contribution in [0.1, 0.15) is 15.9 Å². The summed E-state index contributed by atoms with van der Waals surface area (Å²) in [5, 5.41) is 11.4. The average molecular weight is 309 g/mol. The van der Waals surface area contributed by atoms with Crippen LogP contribution in [-0.2, 0) is 10.0 Å². The SMILES string of the molecule is O=C(O)c1csc(NS(=O)(=O)/C=C/c2ccccc2)c1. The van der Waals surface area contributed by atoms with Crippen LogP contribution in [0.2, 0.25) is 0 Å². The van der Waals surface area contributed by atoms with E-state index in [0.717, 1.165) is 22.3 Å². The lowest BCUT2D eigenvalue weighted by molar-refractivity contribution is 0.0697. The van der Waals surface area contributed by atoms with E-state index in [4.69, 9.17) is 5.11 Å². The summed E-state index contributed by atoms with van der Waals surface area (Å²) >= 11 is 1.02. The lowest BCUT2D eigenvalue weighted by atomic mass is 10.2. The van der Waals surface area contributed by atoms with Crippen molar-refractivity contribution >= 4 is 38.4 Å². The number of carboxylic acids is 1. The van der Waals surface area contributed by atoms with Crippen LogP contribution in [0, 0.1) is 0 Å². The zero-order valence-corrected chi connectivity index (χ0v) is 11.8. The van der Waals surface area contributed by atoms with Gasteiger partial charge in [0.15, 0.2) is 0 Å². The van der Waals surface area contributed by atoms with Crippen molar-refractivity contribution in [1.29, 1.82) is 0 Å². The van der Waals surface area contributed by atoms with Crippen molar-refractivity contribution in [2.45, 2.75) is 0 Å². The zero-order valence-electron chi connectivity index (χ0n) is 10.2. The molecule has 5 nitrogen and oxygen atoms in total. The monoisotopic (exact) mass is 309 g/mol. The van der Waals surface area contributed by atoms with E-state index in [2.05, 4.69) is 4.72 Å². The van der Waals surface area contributed by atoms with Crippen LogP contribution in [0.15, 0.2) is 47.2 Å². The van der Waals surface area contributed by atoms with Gasteiger partial charge in [0.1, 0.15) is 5.00 Å². The second-order valence-electron chi connectivity index (χ2n) is 3.87. The maximum absolute atomic E-state index is 11.8. The first-order chi connectivity index (χ1) is 9.46. The Hall–Kier alpha value is -2.12. The van der Waals surface area contributed by atoms with E-state index >= 15 is 0 Å². The number of carbonyl (C=O) groups is 1. The number of thiophene rings is 1. The molecule has 0 amide bonds. The zero-order chi connectivity index (χ0) is 14.6. The number of carboxylic acid groups (broad SMARTS) is 1. The van der Waals surface area contributed by atoms with E-state index in [1.54, 1.807) is 24.3 Å². The summed E-state index contributed by atoms with van der Waals surface area (Å²) in [7, 11) is -3.66. The number of benzene rings is 1. The maximum Gasteiger partial charge on any atom is 0.336 e. The fraction of sp³-hybridized carbons (Fsp3) is 0. The third-order valence-corrected chi connectivity index (χ3v) is 4.30. The maximum atomic E-state index is 11.8. The van der Waals surface area contributed by atoms with Crippen LogP contribution in [0.25, 0.3) is 6.08 Å². The number of anilines is 1. The Morgan fingerprint density at radius 3 is 2.55 bits per heavy atom. The second-order valence-corrected chi connectivity index (χ2v) is 6.34. The lowest BCUT2D eigenvalue weighted by Crippen LogP contribution is -2.07. The van der Waals surface area contributed by atoms with Crippen LogP contribution in [-0.4, -0.2) is 19.5 Å². The Kier molecular flexibility index (Phi) is 4.21. The molecule has 20 heavy (non-hydrogen) atoms. The van der Waals surface area contributed by atoms with E-state index in [1.165, 1.54) is 17.5 Å². The number of hydrogen-bond acceptors (Lipinski definition) is 4. The Bertz CT molecular complexity index is 733. The molecule has 0 fully saturated rings. The highest BCUT2D eigenvalue weighted by Gasteiger charge is 2.10. The largest absolute Gasteiger partial charge is 0.478 e. The Morgan fingerprint density at radius 2 is 1.95 bits per heavy atom. The molecule has 0 aliphatic carbocycles. The highest BCUT2D eigenvalue weighted by Crippen LogP contribution is 2.22. The molecule has 1 heterocycles. The second kappa shape index (κ2) is 5.89. The van der Waals surface area contributed by atoms with Gasteiger partial charge in [0.25, 0.3) is 10.0 Å². The van der Waals surface area contributed by atoms with Gasteiger partial charge in [-0.05, 0) is 17.7 Å². The molecule has 0 saturated carbocycles. The van der Waals surface area contributed by atoms with Crippen molar-refractivity contribution in [3.63, 3.8) is 0 Å². The lowest BCUT2D eigenvalue weighted by Gasteiger charge is -2.00. The molecule has 2 N–H and O–H groups in total. The minimum absolute atomic E-state index is 0.0553. The number of hydrogen-bond donors (Lipinski definition) is 2. The molecule has 0 unspecified atom stereocenters. The summed E-state index contributed by atoms with van der Waals surface area (Å²) in [5.41, 5.74) is 0.815. The highest BCUT2D eigenvalue weighted by atomic mass is 32.2. The fourth-order valence-electron chi connectivity index (χ4n) is 1.41. The summed E-state index contributed by atoms with van der Waals surface area (Å²) < 4.78 is 25.9. The molecule has 1 aromatic heterocycles. The van der Waals surface area contributed by atoms with Gasteiger partial charge in [0.05, 0.1) is 11.0 Å². The number of aromatic carboxylic acids is 1. The first kappa shape index (κ1) is 14.3. The minimum atomic E-state index is -3.66. The van der Waals surface area contributed by atoms with Gasteiger partial charge in [-0.3, -0.25) is 4.72 Å². The molecule has 0 aliphatic rings. The normalized spacial score (nSPS) is 11.6. The molecule has 2 aromatic rings. The summed E-state index contributed by atoms with van der Waals surface area (Å²) in [5.74, 6) is -1.09. The Balaban J connectivity index is 2.11. The van der Waals surface area contributed by atoms with Crippen LogP contribution >= 0.6 is 11.3 Å². The highest BCUT2D eigenvalue weighted by molar-refractivity contribution is 7.95. The van der Waals surface area contributed by atoms with E-state index in [9.17, 15) is 13.2 Å². The molecular weight excluding hydrogens is 298 g/mol. The molecule has 0 radical (unpaired) electrons. The van der Waals surface area contributed by atoms with Crippen molar-refractivity contribution in [1.82, 2.24) is 0 Å². The van der Waals surface area contributed by atoms with Crippen LogP contribution in [0.3, 0.4) is 0 Å². The van der Waals surface area contributed by atoms with Gasteiger partial charge in [-0.1, -0.05) is 30.3 Å². The van der Waals surface area contributed by atoms with E-state index in [-0.39, 0.29) is 10.6 Å². The molecule has 0 bridgehead atoms. The third kappa shape index (κ3) is 3.94. The predicted octanol–water partition coefficient (Wildman–Crippen LogP) is 2.86. The molecule has 0 spiro atoms. The van der Waals surface area contributed by atoms with Crippen LogP contribution < -0.4 is 4.72 Å². The van der Waals surface area contributed by atoms with Crippen molar-refractivity contribution in [2.24, 2.45) is 0 Å². The molecule has 104 valence electrons. The van der Waals surface area contributed by atoms with Gasteiger partial charge in [0.2, 0.25) is 0 Å². The molecular formula is C13H11NO4S2. The van der Waals surface area contributed by atoms with Gasteiger partial charge in [-0.2, -0.15) is 0 Å². The summed E-state index contributed by atoms with van der Waals surface area (Å²) in [4.78, 5) is 10.7. The minimum Gasteiger partial charge on any atom is -0.478 e. The average Bonchev–Trinajstić information content (AvgIpc) is 2.86. The first-order valence-corrected chi connectivity index (χ1v) is 7.97. The van der Waals surface area contributed by atoms with Gasteiger partial charge in [-0.15, -0.1) is 11.3 Å². The number of sulfonamides is 1. The summed E-state index contributed by atoms with van der Waals surface area (Å²) in [6, 6.07) is 10.3. The number of rotatable bonds is 5. The summed E-state index contributed by atoms with van der Waals surface area (Å²) in [6.07, 6.45) is 1.47. The molecule has 7 heteroatoms. The number of nitrogens with one attached hydrogen (secondary N) is 1. The van der Waals surface area contributed by atoms with E-state index < -0.39 is 16.0 Å². The van der Waals surface area contributed by atoms with Gasteiger partial charge in [0, 0.05) is 5.38 Å². The topological polar surface area (TPSA) is 83.5 Å². The third-order valence-electron chi connectivity index (χ3n) is 2.33. The molecule has 0 saturated heterocycles. The van der Waals surface area contributed by atoms with Crippen molar-refractivity contribution in [3.05, 3.63) is 58.3 Å². The molecule has 0 atom stereocenters. The smallest absolute Gasteiger partial charge is 0.336 e. The van der Waals surface area contributed by atoms with Gasteiger partial charge in [-0.25, -0.2) is 13.2 Å². The van der Waals surface area contributed by atoms with Crippen molar-refractivity contribution in [2.75, 3.05) is 4.72 Å². The Morgan fingerprint density at radius 1 is 1.25 bits per heavy atom. The molecule has 2 rings (SSSR count). The molecule has 0 aliphatic heterocycles. The quantitative estimate of drug-likeness (QED) is 0.889. The van der Waals surface area contributed by atoms with Crippen LogP contribution in [0.4, 0.5) is 5.00 Å². The summed E-state index contributed by atoms with van der Waals surface area (Å²) in [6.45, 7) is 0. The Labute approximate surface area is 120 Å². The fourth-order valence-corrected chi connectivity index (χ4v) is 3.31.